The minimum atomic E-state index is -0.857. The van der Waals surface area contributed by atoms with Crippen LogP contribution in [0.1, 0.15) is 34.3 Å². The molecule has 2 aromatic carbocycles. The van der Waals surface area contributed by atoms with E-state index in [4.69, 9.17) is 9.47 Å². The normalized spacial score (nSPS) is 12.1. The minimum absolute atomic E-state index is 0.101. The summed E-state index contributed by atoms with van der Waals surface area (Å²) in [5.74, 6) is 0.683. The number of rotatable bonds is 8. The third-order valence-electron chi connectivity index (χ3n) is 4.99. The van der Waals surface area contributed by atoms with Crippen LogP contribution >= 0.6 is 22.7 Å². The van der Waals surface area contributed by atoms with Gasteiger partial charge in [0.25, 0.3) is 0 Å². The Kier molecular flexibility index (Phi) is 6.31. The molecule has 8 heteroatoms. The van der Waals surface area contributed by atoms with Gasteiger partial charge in [-0.05, 0) is 30.7 Å². The summed E-state index contributed by atoms with van der Waals surface area (Å²) < 4.78 is 25.0. The molecule has 0 amide bonds. The first kappa shape index (κ1) is 21.4. The molecule has 4 aromatic rings. The SMILES string of the molecule is COc1ccc(C(=O)CCC(O)c2nc(-c3csc4c(F)cccc34)cs2)cc1OC. The Morgan fingerprint density at radius 3 is 2.71 bits per heavy atom. The number of carbonyl (C=O) groups is 1. The molecule has 5 nitrogen and oxygen atoms in total. The molecule has 1 atom stereocenters. The van der Waals surface area contributed by atoms with Crippen LogP contribution in [0, 0.1) is 5.82 Å². The van der Waals surface area contributed by atoms with E-state index in [-0.39, 0.29) is 24.4 Å². The molecular weight excluding hydrogens is 437 g/mol. The number of hydrogen-bond donors (Lipinski definition) is 1. The number of aliphatic hydroxyl groups is 1. The van der Waals surface area contributed by atoms with Crippen molar-refractivity contribution in [3.05, 3.63) is 63.5 Å². The van der Waals surface area contributed by atoms with Crippen LogP contribution in [-0.4, -0.2) is 30.1 Å². The number of aliphatic hydroxyl groups excluding tert-OH is 1. The van der Waals surface area contributed by atoms with Crippen molar-refractivity contribution in [1.29, 1.82) is 0 Å². The Hall–Kier alpha value is -2.81. The number of Topliss-reactive ketones (excluding diaryl/α,β-unsaturated/α-hetero) is 1. The largest absolute Gasteiger partial charge is 0.493 e. The zero-order chi connectivity index (χ0) is 22.0. The van der Waals surface area contributed by atoms with E-state index in [0.29, 0.717) is 32.5 Å². The molecule has 0 aliphatic rings. The predicted octanol–water partition coefficient (Wildman–Crippen LogP) is 5.88. The molecule has 0 radical (unpaired) electrons. The van der Waals surface area contributed by atoms with Crippen molar-refractivity contribution in [3.8, 4) is 22.8 Å². The molecule has 31 heavy (non-hydrogen) atoms. The van der Waals surface area contributed by atoms with Gasteiger partial charge in [-0.1, -0.05) is 12.1 Å². The number of ether oxygens (including phenoxy) is 2. The summed E-state index contributed by atoms with van der Waals surface area (Å²) in [6, 6.07) is 9.98. The Bertz CT molecular complexity index is 1230. The molecule has 0 saturated heterocycles. The summed E-state index contributed by atoms with van der Waals surface area (Å²) in [5, 5.41) is 15.6. The van der Waals surface area contributed by atoms with E-state index in [1.165, 1.54) is 43.0 Å². The molecule has 2 aromatic heterocycles. The van der Waals surface area contributed by atoms with Crippen LogP contribution in [0.4, 0.5) is 4.39 Å². The van der Waals surface area contributed by atoms with Crippen molar-refractivity contribution < 1.29 is 23.8 Å². The summed E-state index contributed by atoms with van der Waals surface area (Å²) in [6.45, 7) is 0. The van der Waals surface area contributed by atoms with Crippen molar-refractivity contribution in [2.45, 2.75) is 18.9 Å². The highest BCUT2D eigenvalue weighted by Gasteiger charge is 2.18. The predicted molar refractivity (Wildman–Crippen MR) is 121 cm³/mol. The van der Waals surface area contributed by atoms with E-state index in [0.717, 1.165) is 10.9 Å². The quantitative estimate of drug-likeness (QED) is 0.335. The van der Waals surface area contributed by atoms with Crippen molar-refractivity contribution >= 4 is 38.5 Å². The average molecular weight is 458 g/mol. The fourth-order valence-electron chi connectivity index (χ4n) is 3.33. The van der Waals surface area contributed by atoms with Gasteiger partial charge < -0.3 is 14.6 Å². The molecule has 0 spiro atoms. The van der Waals surface area contributed by atoms with Gasteiger partial charge in [0.2, 0.25) is 0 Å². The van der Waals surface area contributed by atoms with E-state index < -0.39 is 6.10 Å². The smallest absolute Gasteiger partial charge is 0.163 e. The Morgan fingerprint density at radius 2 is 1.94 bits per heavy atom. The van der Waals surface area contributed by atoms with E-state index >= 15 is 0 Å². The van der Waals surface area contributed by atoms with Crippen LogP contribution in [0.2, 0.25) is 0 Å². The number of thiophene rings is 1. The molecule has 0 saturated carbocycles. The van der Waals surface area contributed by atoms with Gasteiger partial charge in [-0.25, -0.2) is 9.37 Å². The van der Waals surface area contributed by atoms with E-state index in [2.05, 4.69) is 4.98 Å². The second-order valence-electron chi connectivity index (χ2n) is 6.88. The number of aromatic nitrogens is 1. The first-order chi connectivity index (χ1) is 15.0. The molecule has 0 aliphatic heterocycles. The number of hydrogen-bond acceptors (Lipinski definition) is 7. The molecule has 0 bridgehead atoms. The van der Waals surface area contributed by atoms with Crippen LogP contribution in [0.3, 0.4) is 0 Å². The van der Waals surface area contributed by atoms with E-state index in [1.807, 2.05) is 16.8 Å². The lowest BCUT2D eigenvalue weighted by atomic mass is 10.0. The van der Waals surface area contributed by atoms with E-state index in [9.17, 15) is 14.3 Å². The Morgan fingerprint density at radius 1 is 1.13 bits per heavy atom. The summed E-state index contributed by atoms with van der Waals surface area (Å²) in [7, 11) is 3.05. The minimum Gasteiger partial charge on any atom is -0.493 e. The molecule has 1 N–H and O–H groups in total. The molecule has 0 aliphatic carbocycles. The first-order valence-corrected chi connectivity index (χ1v) is 11.3. The van der Waals surface area contributed by atoms with Crippen LogP contribution in [0.15, 0.2) is 47.2 Å². The van der Waals surface area contributed by atoms with Gasteiger partial charge in [0, 0.05) is 33.7 Å². The summed E-state index contributed by atoms with van der Waals surface area (Å²) in [6.07, 6.45) is -0.443. The number of fused-ring (bicyclic) bond motifs is 1. The molecule has 1 unspecified atom stereocenters. The highest BCUT2D eigenvalue weighted by atomic mass is 32.1. The number of methoxy groups -OCH3 is 2. The van der Waals surface area contributed by atoms with Gasteiger partial charge in [-0.2, -0.15) is 0 Å². The second-order valence-corrected chi connectivity index (χ2v) is 8.65. The van der Waals surface area contributed by atoms with Crippen molar-refractivity contribution in [2.24, 2.45) is 0 Å². The maximum Gasteiger partial charge on any atom is 0.163 e. The van der Waals surface area contributed by atoms with Gasteiger partial charge in [-0.15, -0.1) is 22.7 Å². The molecule has 160 valence electrons. The average Bonchev–Trinajstić information content (AvgIpc) is 3.44. The maximum atomic E-state index is 14.0. The second kappa shape index (κ2) is 9.13. The highest BCUT2D eigenvalue weighted by Crippen LogP contribution is 2.37. The standard InChI is InChI=1S/C23H20FNO4S2/c1-28-20-9-6-13(10-21(20)29-2)18(26)7-8-19(27)23-25-17(12-31-23)15-11-30-22-14(15)4-3-5-16(22)24/h3-6,9-12,19,27H,7-8H2,1-2H3. The highest BCUT2D eigenvalue weighted by molar-refractivity contribution is 7.17. The Balaban J connectivity index is 1.45. The van der Waals surface area contributed by atoms with Crippen molar-refractivity contribution in [3.63, 3.8) is 0 Å². The van der Waals surface area contributed by atoms with Gasteiger partial charge >= 0.3 is 0 Å². The topological polar surface area (TPSA) is 68.7 Å². The lowest BCUT2D eigenvalue weighted by Crippen LogP contribution is -2.05. The lowest BCUT2D eigenvalue weighted by Gasteiger charge is -2.10. The number of nitrogens with zero attached hydrogens (tertiary/aromatic N) is 1. The zero-order valence-electron chi connectivity index (χ0n) is 16.9. The number of carbonyl (C=O) groups excluding carboxylic acids is 1. The van der Waals surface area contributed by atoms with Crippen molar-refractivity contribution in [2.75, 3.05) is 14.2 Å². The summed E-state index contributed by atoms with van der Waals surface area (Å²) >= 11 is 2.66. The molecular formula is C23H20FNO4S2. The monoisotopic (exact) mass is 457 g/mol. The fourth-order valence-corrected chi connectivity index (χ4v) is 5.14. The van der Waals surface area contributed by atoms with Crippen LogP contribution in [0.25, 0.3) is 21.3 Å². The third kappa shape index (κ3) is 4.32. The van der Waals surface area contributed by atoms with Crippen LogP contribution in [-0.2, 0) is 0 Å². The molecule has 4 rings (SSSR count). The summed E-state index contributed by atoms with van der Waals surface area (Å²) in [4.78, 5) is 17.1. The van der Waals surface area contributed by atoms with Gasteiger partial charge in [-0.3, -0.25) is 4.79 Å². The van der Waals surface area contributed by atoms with E-state index in [1.54, 1.807) is 24.3 Å². The van der Waals surface area contributed by atoms with Gasteiger partial charge in [0.1, 0.15) is 16.9 Å². The number of benzene rings is 2. The van der Waals surface area contributed by atoms with Crippen molar-refractivity contribution in [1.82, 2.24) is 4.98 Å². The molecule has 0 fully saturated rings. The van der Waals surface area contributed by atoms with Gasteiger partial charge in [0.15, 0.2) is 17.3 Å². The lowest BCUT2D eigenvalue weighted by molar-refractivity contribution is 0.0940. The fraction of sp³-hybridized carbons (Fsp3) is 0.217. The molecule has 2 heterocycles. The maximum absolute atomic E-state index is 14.0. The first-order valence-electron chi connectivity index (χ1n) is 9.56. The van der Waals surface area contributed by atoms with Crippen LogP contribution in [0.5, 0.6) is 11.5 Å². The third-order valence-corrected chi connectivity index (χ3v) is 6.94. The van der Waals surface area contributed by atoms with Gasteiger partial charge in [0.05, 0.1) is 24.6 Å². The number of halogens is 1. The van der Waals surface area contributed by atoms with Crippen LogP contribution < -0.4 is 9.47 Å². The zero-order valence-corrected chi connectivity index (χ0v) is 18.6. The summed E-state index contributed by atoms with van der Waals surface area (Å²) in [5.41, 5.74) is 2.04. The Labute approximate surface area is 186 Å². The number of ketones is 1. The number of thiazole rings is 1.